The Morgan fingerprint density at radius 2 is 1.65 bits per heavy atom. The quantitative estimate of drug-likeness (QED) is 0.153. The first-order valence-electron chi connectivity index (χ1n) is 16.2. The number of para-hydroxylation sites is 1. The van der Waals surface area contributed by atoms with E-state index < -0.39 is 82.8 Å². The highest BCUT2D eigenvalue weighted by Crippen LogP contribution is 2.32. The highest BCUT2D eigenvalue weighted by molar-refractivity contribution is 5.88. The number of amides is 1. The monoisotopic (exact) mass is 694 g/mol. The lowest BCUT2D eigenvalue weighted by atomic mass is 10.0. The molecule has 5 aliphatic heterocycles. The van der Waals surface area contributed by atoms with Crippen LogP contribution in [0, 0.1) is 20.2 Å². The molecule has 0 saturated carbocycles. The number of nitrogens with zero attached hydrogens (tertiary/aromatic N) is 3. The Kier molecular flexibility index (Phi) is 10.7. The van der Waals surface area contributed by atoms with Crippen molar-refractivity contribution in [3.05, 3.63) is 50.1 Å². The standard InChI is InChI=1S/C30H38N4O15/c1-16(28(35)32-11-4-6-19(32)30(37)47-23-14-44-27-24(49-34(40)41)15-45-26(23)27)31-18(9-8-17-5-2-3-7-20(17)48-33(38)39)29(36)46-22-13-43-21-10-12-42-25(21)22/h2-3,5,7,16,18-19,21-27,31H,4,6,8-15H2,1H3/t16?,18-,19-,21?,22?,23-,24+,25?,26-,27?/m0/s1. The lowest BCUT2D eigenvalue weighted by Crippen LogP contribution is -2.54. The van der Waals surface area contributed by atoms with Crippen LogP contribution in [0.4, 0.5) is 0 Å². The molecule has 0 spiro atoms. The summed E-state index contributed by atoms with van der Waals surface area (Å²) < 4.78 is 34.1. The summed E-state index contributed by atoms with van der Waals surface area (Å²) >= 11 is 0. The molecule has 0 aromatic heterocycles. The molecule has 1 amide bonds. The Labute approximate surface area is 279 Å². The van der Waals surface area contributed by atoms with Crippen LogP contribution in [-0.4, -0.2) is 127 Å². The summed E-state index contributed by atoms with van der Waals surface area (Å²) in [6.45, 7) is 2.35. The van der Waals surface area contributed by atoms with Gasteiger partial charge in [0.05, 0.1) is 32.0 Å². The minimum atomic E-state index is -1.03. The molecular weight excluding hydrogens is 656 g/mol. The van der Waals surface area contributed by atoms with E-state index in [9.17, 15) is 34.6 Å². The number of carbonyl (C=O) groups excluding carboxylic acids is 3. The van der Waals surface area contributed by atoms with Crippen LogP contribution in [-0.2, 0) is 54.1 Å². The van der Waals surface area contributed by atoms with Gasteiger partial charge < -0.3 is 38.2 Å². The fraction of sp³-hybridized carbons (Fsp3) is 0.700. The van der Waals surface area contributed by atoms with Gasteiger partial charge in [-0.25, -0.2) is 4.79 Å². The van der Waals surface area contributed by atoms with Crippen molar-refractivity contribution in [2.45, 2.75) is 99.9 Å². The topological polar surface area (TPSA) is 227 Å². The Morgan fingerprint density at radius 1 is 0.939 bits per heavy atom. The largest absolute Gasteiger partial charge is 0.456 e. The van der Waals surface area contributed by atoms with Gasteiger partial charge in [0.1, 0.15) is 36.1 Å². The molecule has 5 fully saturated rings. The second kappa shape index (κ2) is 15.2. The van der Waals surface area contributed by atoms with Gasteiger partial charge in [0.15, 0.2) is 18.3 Å². The smallest absolute Gasteiger partial charge is 0.329 e. The lowest BCUT2D eigenvalue weighted by molar-refractivity contribution is -0.769. The molecule has 19 heteroatoms. The van der Waals surface area contributed by atoms with Gasteiger partial charge in [-0.2, -0.15) is 0 Å². The van der Waals surface area contributed by atoms with E-state index in [1.807, 2.05) is 0 Å². The van der Waals surface area contributed by atoms with Gasteiger partial charge in [0.2, 0.25) is 5.91 Å². The number of nitrogens with one attached hydrogen (secondary N) is 1. The number of fused-ring (bicyclic) bond motifs is 2. The predicted octanol–water partition coefficient (Wildman–Crippen LogP) is -0.0868. The Morgan fingerprint density at radius 3 is 2.43 bits per heavy atom. The highest BCUT2D eigenvalue weighted by atomic mass is 17.0. The molecule has 268 valence electrons. The van der Waals surface area contributed by atoms with Gasteiger partial charge in [-0.1, -0.05) is 18.2 Å². The molecule has 5 heterocycles. The second-order valence-corrected chi connectivity index (χ2v) is 12.5. The lowest BCUT2D eigenvalue weighted by Gasteiger charge is -2.30. The first-order valence-corrected chi connectivity index (χ1v) is 16.2. The molecule has 1 aromatic rings. The molecule has 5 saturated heterocycles. The fourth-order valence-electron chi connectivity index (χ4n) is 7.07. The third-order valence-corrected chi connectivity index (χ3v) is 9.40. The van der Waals surface area contributed by atoms with Crippen LogP contribution in [0.5, 0.6) is 5.75 Å². The van der Waals surface area contributed by atoms with Crippen molar-refractivity contribution in [3.8, 4) is 5.75 Å². The number of carbonyl (C=O) groups is 3. The summed E-state index contributed by atoms with van der Waals surface area (Å²) in [5, 5.41) is 23.0. The van der Waals surface area contributed by atoms with Gasteiger partial charge in [-0.05, 0) is 50.7 Å². The first kappa shape index (κ1) is 34.7. The summed E-state index contributed by atoms with van der Waals surface area (Å²) in [6, 6.07) is 3.46. The minimum absolute atomic E-state index is 0.0244. The van der Waals surface area contributed by atoms with Crippen molar-refractivity contribution in [3.63, 3.8) is 0 Å². The Hall–Kier alpha value is -4.17. The molecule has 0 radical (unpaired) electrons. The normalized spacial score (nSPS) is 31.4. The molecule has 6 rings (SSSR count). The average molecular weight is 695 g/mol. The first-order chi connectivity index (χ1) is 23.6. The number of rotatable bonds is 14. The zero-order chi connectivity index (χ0) is 34.7. The van der Waals surface area contributed by atoms with Crippen molar-refractivity contribution >= 4 is 17.8 Å². The van der Waals surface area contributed by atoms with Crippen LogP contribution < -0.4 is 10.2 Å². The van der Waals surface area contributed by atoms with Crippen LogP contribution in [0.15, 0.2) is 24.3 Å². The summed E-state index contributed by atoms with van der Waals surface area (Å²) in [5.41, 5.74) is 0.476. The summed E-state index contributed by atoms with van der Waals surface area (Å²) in [5.74, 6) is -1.74. The van der Waals surface area contributed by atoms with Crippen LogP contribution in [0.1, 0.15) is 38.2 Å². The van der Waals surface area contributed by atoms with E-state index in [4.69, 9.17) is 33.3 Å². The number of aryl methyl sites for hydroxylation is 1. The maximum atomic E-state index is 13.8. The molecule has 0 bridgehead atoms. The molecule has 49 heavy (non-hydrogen) atoms. The maximum absolute atomic E-state index is 13.8. The third kappa shape index (κ3) is 7.85. The summed E-state index contributed by atoms with van der Waals surface area (Å²) in [4.78, 5) is 73.2. The molecule has 1 aromatic carbocycles. The number of hydrogen-bond acceptors (Lipinski definition) is 16. The van der Waals surface area contributed by atoms with E-state index in [0.29, 0.717) is 31.4 Å². The summed E-state index contributed by atoms with van der Waals surface area (Å²) in [7, 11) is 0. The van der Waals surface area contributed by atoms with Crippen molar-refractivity contribution in [1.82, 2.24) is 10.2 Å². The van der Waals surface area contributed by atoms with E-state index in [1.165, 1.54) is 11.0 Å². The molecule has 5 unspecified atom stereocenters. The predicted molar refractivity (Wildman–Crippen MR) is 159 cm³/mol. The average Bonchev–Trinajstić information content (AvgIpc) is 3.89. The zero-order valence-corrected chi connectivity index (χ0v) is 26.6. The van der Waals surface area contributed by atoms with Crippen LogP contribution >= 0.6 is 0 Å². The van der Waals surface area contributed by atoms with E-state index in [0.717, 1.165) is 0 Å². The molecule has 0 aliphatic carbocycles. The molecule has 19 nitrogen and oxygen atoms in total. The maximum Gasteiger partial charge on any atom is 0.329 e. The second-order valence-electron chi connectivity index (χ2n) is 12.5. The third-order valence-electron chi connectivity index (χ3n) is 9.40. The molecular formula is C30H38N4O15. The van der Waals surface area contributed by atoms with Crippen molar-refractivity contribution < 1.29 is 62.7 Å². The summed E-state index contributed by atoms with van der Waals surface area (Å²) in [6.07, 6.45) is -2.67. The van der Waals surface area contributed by atoms with Gasteiger partial charge in [-0.15, -0.1) is 20.2 Å². The van der Waals surface area contributed by atoms with Crippen LogP contribution in [0.25, 0.3) is 0 Å². The number of benzene rings is 1. The molecule has 1 N–H and O–H groups in total. The van der Waals surface area contributed by atoms with Crippen molar-refractivity contribution in [1.29, 1.82) is 0 Å². The highest BCUT2D eigenvalue weighted by Gasteiger charge is 2.52. The van der Waals surface area contributed by atoms with Crippen LogP contribution in [0.3, 0.4) is 0 Å². The zero-order valence-electron chi connectivity index (χ0n) is 26.6. The fourth-order valence-corrected chi connectivity index (χ4v) is 7.07. The van der Waals surface area contributed by atoms with Crippen molar-refractivity contribution in [2.75, 3.05) is 33.0 Å². The Balaban J connectivity index is 1.09. The van der Waals surface area contributed by atoms with E-state index in [-0.39, 0.29) is 51.1 Å². The minimum Gasteiger partial charge on any atom is -0.456 e. The van der Waals surface area contributed by atoms with E-state index >= 15 is 0 Å². The van der Waals surface area contributed by atoms with E-state index in [1.54, 1.807) is 25.1 Å². The van der Waals surface area contributed by atoms with Gasteiger partial charge in [0.25, 0.3) is 10.2 Å². The van der Waals surface area contributed by atoms with E-state index in [2.05, 4.69) is 10.2 Å². The Bertz CT molecular complexity index is 1410. The molecule has 10 atom stereocenters. The number of likely N-dealkylation sites (tertiary alicyclic amines) is 1. The number of hydrogen-bond donors (Lipinski definition) is 1. The van der Waals surface area contributed by atoms with Gasteiger partial charge in [-0.3, -0.25) is 19.7 Å². The van der Waals surface area contributed by atoms with Gasteiger partial charge in [0, 0.05) is 13.2 Å². The SMILES string of the molecule is CC(N[C@@H](CCc1ccccc1O[N+](=O)[O-])C(=O)OC1COC2CCOC21)C(=O)N1CCC[C@H]1C(=O)O[C@H]1COC2[C@H]1OC[C@H]2O[N+](=O)[O-]. The van der Waals surface area contributed by atoms with Crippen molar-refractivity contribution in [2.24, 2.45) is 0 Å². The van der Waals surface area contributed by atoms with Gasteiger partial charge >= 0.3 is 11.9 Å². The molecule has 5 aliphatic rings. The number of ether oxygens (including phenoxy) is 6. The van der Waals surface area contributed by atoms with Crippen LogP contribution in [0.2, 0.25) is 0 Å². The number of esters is 2.